The molecule has 1 heterocycles. The molecule has 0 fully saturated rings. The Morgan fingerprint density at radius 3 is 1.91 bits per heavy atom. The lowest BCUT2D eigenvalue weighted by Gasteiger charge is -2.14. The molecule has 0 radical (unpaired) electrons. The summed E-state index contributed by atoms with van der Waals surface area (Å²) in [6.07, 6.45) is 0. The maximum Gasteiger partial charge on any atom is 0.161 e. The predicted molar refractivity (Wildman–Crippen MR) is 134 cm³/mol. The Balaban J connectivity index is 1.72. The van der Waals surface area contributed by atoms with Crippen molar-refractivity contribution in [1.82, 2.24) is 9.97 Å². The Morgan fingerprint density at radius 2 is 1.24 bits per heavy atom. The Morgan fingerprint density at radius 1 is 0.606 bits per heavy atom. The van der Waals surface area contributed by atoms with Crippen molar-refractivity contribution in [3.63, 3.8) is 0 Å². The van der Waals surface area contributed by atoms with Gasteiger partial charge in [0.15, 0.2) is 5.82 Å². The fourth-order valence-corrected chi connectivity index (χ4v) is 4.03. The lowest BCUT2D eigenvalue weighted by Crippen LogP contribution is -1.97. The van der Waals surface area contributed by atoms with E-state index in [4.69, 9.17) is 19.4 Å². The van der Waals surface area contributed by atoms with Gasteiger partial charge in [-0.2, -0.15) is 0 Å². The molecule has 0 unspecified atom stereocenters. The summed E-state index contributed by atoms with van der Waals surface area (Å²) in [4.78, 5) is 10.0. The number of fused-ring (bicyclic) bond motifs is 1. The van der Waals surface area contributed by atoms with E-state index in [1.807, 2.05) is 54.6 Å². The number of hydrogen-bond acceptors (Lipinski definition) is 4. The SMILES string of the molecule is COc1ccc(-c2cc(C)ccc2-c2nc(-c3ccc(OC)cc3)c3ccccc3n2)cc1. The van der Waals surface area contributed by atoms with Crippen LogP contribution in [0.25, 0.3) is 44.7 Å². The summed E-state index contributed by atoms with van der Waals surface area (Å²) in [7, 11) is 3.35. The minimum absolute atomic E-state index is 0.699. The van der Waals surface area contributed by atoms with Gasteiger partial charge in [0.2, 0.25) is 0 Å². The van der Waals surface area contributed by atoms with Crippen LogP contribution in [0.1, 0.15) is 5.56 Å². The van der Waals surface area contributed by atoms with Gasteiger partial charge in [-0.1, -0.05) is 54.1 Å². The number of hydrogen-bond donors (Lipinski definition) is 0. The molecular formula is C29H24N2O2. The average Bonchev–Trinajstić information content (AvgIpc) is 2.88. The Kier molecular flexibility index (Phi) is 5.49. The number of methoxy groups -OCH3 is 2. The van der Waals surface area contributed by atoms with Crippen LogP contribution in [0, 0.1) is 6.92 Å². The highest BCUT2D eigenvalue weighted by atomic mass is 16.5. The quantitative estimate of drug-likeness (QED) is 0.301. The third kappa shape index (κ3) is 4.03. The van der Waals surface area contributed by atoms with Gasteiger partial charge in [-0.25, -0.2) is 9.97 Å². The minimum Gasteiger partial charge on any atom is -0.497 e. The van der Waals surface area contributed by atoms with E-state index >= 15 is 0 Å². The molecule has 4 nitrogen and oxygen atoms in total. The average molecular weight is 433 g/mol. The molecule has 0 atom stereocenters. The summed E-state index contributed by atoms with van der Waals surface area (Å²) >= 11 is 0. The summed E-state index contributed by atoms with van der Waals surface area (Å²) < 4.78 is 10.7. The maximum absolute atomic E-state index is 5.34. The maximum atomic E-state index is 5.34. The number of aromatic nitrogens is 2. The first-order chi connectivity index (χ1) is 16.2. The zero-order valence-corrected chi connectivity index (χ0v) is 18.9. The van der Waals surface area contributed by atoms with Gasteiger partial charge in [0.1, 0.15) is 11.5 Å². The number of ether oxygens (including phenoxy) is 2. The van der Waals surface area contributed by atoms with Crippen LogP contribution >= 0.6 is 0 Å². The number of nitrogens with zero attached hydrogens (tertiary/aromatic N) is 2. The lowest BCUT2D eigenvalue weighted by molar-refractivity contribution is 0.415. The van der Waals surface area contributed by atoms with Crippen molar-refractivity contribution < 1.29 is 9.47 Å². The Bertz CT molecular complexity index is 1430. The molecule has 4 aromatic carbocycles. The number of para-hydroxylation sites is 1. The smallest absolute Gasteiger partial charge is 0.161 e. The van der Waals surface area contributed by atoms with Crippen molar-refractivity contribution in [3.05, 3.63) is 96.6 Å². The second-order valence-corrected chi connectivity index (χ2v) is 7.92. The number of rotatable bonds is 5. The first-order valence-electron chi connectivity index (χ1n) is 10.8. The molecule has 0 amide bonds. The third-order valence-electron chi connectivity index (χ3n) is 5.78. The highest BCUT2D eigenvalue weighted by Crippen LogP contribution is 2.35. The fourth-order valence-electron chi connectivity index (χ4n) is 4.03. The van der Waals surface area contributed by atoms with Crippen LogP contribution in [-0.4, -0.2) is 24.2 Å². The van der Waals surface area contributed by atoms with Gasteiger partial charge >= 0.3 is 0 Å². The van der Waals surface area contributed by atoms with Crippen LogP contribution in [0.15, 0.2) is 91.0 Å². The summed E-state index contributed by atoms with van der Waals surface area (Å²) in [6.45, 7) is 2.10. The van der Waals surface area contributed by atoms with Crippen LogP contribution in [0.4, 0.5) is 0 Å². The van der Waals surface area contributed by atoms with Gasteiger partial charge in [0, 0.05) is 16.5 Å². The fraction of sp³-hybridized carbons (Fsp3) is 0.103. The monoisotopic (exact) mass is 432 g/mol. The van der Waals surface area contributed by atoms with Crippen molar-refractivity contribution in [1.29, 1.82) is 0 Å². The largest absolute Gasteiger partial charge is 0.497 e. The van der Waals surface area contributed by atoms with Gasteiger partial charge < -0.3 is 9.47 Å². The molecular weight excluding hydrogens is 408 g/mol. The molecule has 0 aliphatic heterocycles. The van der Waals surface area contributed by atoms with Crippen LogP contribution < -0.4 is 9.47 Å². The molecule has 4 heteroatoms. The summed E-state index contributed by atoms with van der Waals surface area (Å²) in [5, 5.41) is 1.02. The second-order valence-electron chi connectivity index (χ2n) is 7.92. The van der Waals surface area contributed by atoms with E-state index in [1.54, 1.807) is 14.2 Å². The van der Waals surface area contributed by atoms with E-state index in [0.717, 1.165) is 50.3 Å². The van der Waals surface area contributed by atoms with Gasteiger partial charge in [-0.15, -0.1) is 0 Å². The van der Waals surface area contributed by atoms with E-state index in [-0.39, 0.29) is 0 Å². The molecule has 5 aromatic rings. The number of aryl methyl sites for hydroxylation is 1. The van der Waals surface area contributed by atoms with Crippen molar-refractivity contribution in [3.8, 4) is 45.3 Å². The van der Waals surface area contributed by atoms with Crippen LogP contribution in [0.5, 0.6) is 11.5 Å². The molecule has 1 aromatic heterocycles. The molecule has 0 spiro atoms. The Hall–Kier alpha value is -4.18. The zero-order chi connectivity index (χ0) is 22.8. The molecule has 0 N–H and O–H groups in total. The summed E-state index contributed by atoms with van der Waals surface area (Å²) in [5.41, 5.74) is 7.20. The summed E-state index contributed by atoms with van der Waals surface area (Å²) in [6, 6.07) is 30.6. The molecule has 0 bridgehead atoms. The highest BCUT2D eigenvalue weighted by Gasteiger charge is 2.15. The van der Waals surface area contributed by atoms with Crippen molar-refractivity contribution in [2.45, 2.75) is 6.92 Å². The zero-order valence-electron chi connectivity index (χ0n) is 18.9. The van der Waals surface area contributed by atoms with Crippen LogP contribution in [0.2, 0.25) is 0 Å². The first kappa shape index (κ1) is 20.7. The molecule has 33 heavy (non-hydrogen) atoms. The normalized spacial score (nSPS) is 10.9. The molecule has 0 aliphatic carbocycles. The van der Waals surface area contributed by atoms with E-state index in [2.05, 4.69) is 43.3 Å². The Labute approximate surface area is 193 Å². The molecule has 5 rings (SSSR count). The van der Waals surface area contributed by atoms with E-state index in [0.29, 0.717) is 5.82 Å². The van der Waals surface area contributed by atoms with Gasteiger partial charge in [-0.05, 0) is 60.5 Å². The van der Waals surface area contributed by atoms with Gasteiger partial charge in [-0.3, -0.25) is 0 Å². The molecule has 162 valence electrons. The van der Waals surface area contributed by atoms with E-state index < -0.39 is 0 Å². The topological polar surface area (TPSA) is 44.2 Å². The molecule has 0 aliphatic rings. The number of benzene rings is 4. The van der Waals surface area contributed by atoms with Crippen molar-refractivity contribution >= 4 is 10.9 Å². The molecule has 0 saturated carbocycles. The second kappa shape index (κ2) is 8.75. The van der Waals surface area contributed by atoms with Gasteiger partial charge in [0.05, 0.1) is 25.4 Å². The van der Waals surface area contributed by atoms with E-state index in [9.17, 15) is 0 Å². The minimum atomic E-state index is 0.699. The van der Waals surface area contributed by atoms with Crippen LogP contribution in [0.3, 0.4) is 0 Å². The highest BCUT2D eigenvalue weighted by molar-refractivity contribution is 5.94. The first-order valence-corrected chi connectivity index (χ1v) is 10.8. The van der Waals surface area contributed by atoms with Crippen LogP contribution in [-0.2, 0) is 0 Å². The predicted octanol–water partition coefficient (Wildman–Crippen LogP) is 6.96. The van der Waals surface area contributed by atoms with Gasteiger partial charge in [0.25, 0.3) is 0 Å². The standard InChI is InChI=1S/C29H24N2O2/c1-19-8-17-24(26(18-19)20-9-13-22(32-2)14-10-20)29-30-27-7-5-4-6-25(27)28(31-29)21-11-15-23(33-3)16-12-21/h4-18H,1-3H3. The van der Waals surface area contributed by atoms with Crippen molar-refractivity contribution in [2.24, 2.45) is 0 Å². The van der Waals surface area contributed by atoms with Crippen molar-refractivity contribution in [2.75, 3.05) is 14.2 Å². The molecule has 0 saturated heterocycles. The third-order valence-corrected chi connectivity index (χ3v) is 5.78. The van der Waals surface area contributed by atoms with E-state index in [1.165, 1.54) is 5.56 Å². The lowest BCUT2D eigenvalue weighted by atomic mass is 9.96. The summed E-state index contributed by atoms with van der Waals surface area (Å²) in [5.74, 6) is 2.35.